The van der Waals surface area contributed by atoms with E-state index in [9.17, 15) is 15.2 Å². The van der Waals surface area contributed by atoms with E-state index in [4.69, 9.17) is 5.73 Å². The lowest BCUT2D eigenvalue weighted by atomic mass is 9.94. The topological polar surface area (TPSA) is 127 Å². The largest absolute Gasteiger partial charge is 0.388 e. The smallest absolute Gasteiger partial charge is 0.332 e. The number of aryl methyl sites for hydroxylation is 1. The van der Waals surface area contributed by atoms with Gasteiger partial charge in [0.25, 0.3) is 0 Å². The number of nitrogens with zero attached hydrogens (tertiary/aromatic N) is 3. The lowest BCUT2D eigenvalue weighted by Crippen LogP contribution is -2.36. The molecule has 8 heteroatoms. The normalized spacial score (nSPS) is 18.0. The van der Waals surface area contributed by atoms with Crippen LogP contribution >= 0.6 is 0 Å². The average molecular weight is 295 g/mol. The number of rotatable bonds is 4. The van der Waals surface area contributed by atoms with Crippen molar-refractivity contribution in [2.45, 2.75) is 51.0 Å². The highest BCUT2D eigenvalue weighted by Gasteiger charge is 2.30. The molecule has 0 unspecified atom stereocenters. The Labute approximate surface area is 122 Å². The van der Waals surface area contributed by atoms with Gasteiger partial charge in [-0.25, -0.2) is 4.98 Å². The first kappa shape index (κ1) is 15.4. The lowest BCUT2D eigenvalue weighted by molar-refractivity contribution is -0.385. The molecular weight excluding hydrogens is 274 g/mol. The SMILES string of the molecule is Cc1nc(N)nc(NCC2(O)CCCCCC2)c1[N+](=O)[O-]. The first-order chi connectivity index (χ1) is 9.91. The van der Waals surface area contributed by atoms with Gasteiger partial charge >= 0.3 is 5.69 Å². The molecule has 0 radical (unpaired) electrons. The maximum atomic E-state index is 11.1. The molecule has 1 fully saturated rings. The van der Waals surface area contributed by atoms with Crippen LogP contribution in [0.25, 0.3) is 0 Å². The zero-order chi connectivity index (χ0) is 15.5. The number of nitrogens with two attached hydrogens (primary N) is 1. The third-order valence-corrected chi connectivity index (χ3v) is 3.88. The van der Waals surface area contributed by atoms with Crippen LogP contribution in [-0.2, 0) is 0 Å². The van der Waals surface area contributed by atoms with E-state index in [1.54, 1.807) is 0 Å². The van der Waals surface area contributed by atoms with E-state index >= 15 is 0 Å². The Morgan fingerprint density at radius 1 is 1.33 bits per heavy atom. The summed E-state index contributed by atoms with van der Waals surface area (Å²) in [6.45, 7) is 1.74. The summed E-state index contributed by atoms with van der Waals surface area (Å²) in [5, 5.41) is 24.6. The van der Waals surface area contributed by atoms with Gasteiger partial charge in [-0.1, -0.05) is 25.7 Å². The Hall–Kier alpha value is -1.96. The Bertz CT molecular complexity index is 527. The predicted octanol–water partition coefficient (Wildman–Crippen LogP) is 1.77. The molecule has 0 bridgehead atoms. The minimum Gasteiger partial charge on any atom is -0.388 e. The Balaban J connectivity index is 2.17. The minimum atomic E-state index is -0.849. The fourth-order valence-corrected chi connectivity index (χ4v) is 2.74. The van der Waals surface area contributed by atoms with Gasteiger partial charge in [-0.05, 0) is 19.8 Å². The van der Waals surface area contributed by atoms with Crippen LogP contribution in [0.15, 0.2) is 0 Å². The van der Waals surface area contributed by atoms with Crippen molar-refractivity contribution in [1.82, 2.24) is 9.97 Å². The zero-order valence-electron chi connectivity index (χ0n) is 12.1. The van der Waals surface area contributed by atoms with Crippen molar-refractivity contribution < 1.29 is 10.0 Å². The number of aliphatic hydroxyl groups is 1. The molecule has 0 atom stereocenters. The maximum Gasteiger partial charge on any atom is 0.332 e. The number of hydrogen-bond acceptors (Lipinski definition) is 7. The second kappa shape index (κ2) is 6.21. The molecule has 0 saturated heterocycles. The summed E-state index contributed by atoms with van der Waals surface area (Å²) in [6, 6.07) is 0. The minimum absolute atomic E-state index is 0.0199. The predicted molar refractivity (Wildman–Crippen MR) is 79.0 cm³/mol. The summed E-state index contributed by atoms with van der Waals surface area (Å²) in [5.74, 6) is 0.0520. The monoisotopic (exact) mass is 295 g/mol. The van der Waals surface area contributed by atoms with Crippen molar-refractivity contribution in [2.75, 3.05) is 17.6 Å². The molecule has 2 rings (SSSR count). The molecule has 21 heavy (non-hydrogen) atoms. The van der Waals surface area contributed by atoms with Gasteiger partial charge in [-0.15, -0.1) is 0 Å². The van der Waals surface area contributed by atoms with Gasteiger partial charge in [-0.3, -0.25) is 10.1 Å². The number of nitrogens with one attached hydrogen (secondary N) is 1. The molecular formula is C13H21N5O3. The fraction of sp³-hybridized carbons (Fsp3) is 0.692. The van der Waals surface area contributed by atoms with Gasteiger partial charge < -0.3 is 16.2 Å². The fourth-order valence-electron chi connectivity index (χ4n) is 2.74. The number of hydrogen-bond donors (Lipinski definition) is 3. The first-order valence-corrected chi connectivity index (χ1v) is 7.16. The highest BCUT2D eigenvalue weighted by molar-refractivity contribution is 5.60. The van der Waals surface area contributed by atoms with E-state index in [1.165, 1.54) is 6.92 Å². The third kappa shape index (κ3) is 3.78. The molecule has 0 aliphatic heterocycles. The Morgan fingerprint density at radius 2 is 1.95 bits per heavy atom. The van der Waals surface area contributed by atoms with Crippen molar-refractivity contribution in [1.29, 1.82) is 0 Å². The summed E-state index contributed by atoms with van der Waals surface area (Å²) in [6.07, 6.45) is 5.53. The number of aromatic nitrogens is 2. The van der Waals surface area contributed by atoms with Crippen LogP contribution < -0.4 is 11.1 Å². The number of nitrogen functional groups attached to an aromatic ring is 1. The summed E-state index contributed by atoms with van der Waals surface area (Å²) >= 11 is 0. The molecule has 8 nitrogen and oxygen atoms in total. The second-order valence-corrected chi connectivity index (χ2v) is 5.61. The van der Waals surface area contributed by atoms with Crippen molar-refractivity contribution in [3.05, 3.63) is 15.8 Å². The Kier molecular flexibility index (Phi) is 4.56. The average Bonchev–Trinajstić information content (AvgIpc) is 2.60. The van der Waals surface area contributed by atoms with Crippen molar-refractivity contribution in [2.24, 2.45) is 0 Å². The van der Waals surface area contributed by atoms with E-state index in [0.717, 1.165) is 25.7 Å². The van der Waals surface area contributed by atoms with Gasteiger partial charge in [0.05, 0.1) is 10.5 Å². The van der Waals surface area contributed by atoms with Crippen LogP contribution in [0.1, 0.15) is 44.2 Å². The third-order valence-electron chi connectivity index (χ3n) is 3.88. The molecule has 1 aliphatic carbocycles. The van der Waals surface area contributed by atoms with Crippen LogP contribution in [0.2, 0.25) is 0 Å². The van der Waals surface area contributed by atoms with Crippen molar-refractivity contribution >= 4 is 17.5 Å². The molecule has 0 amide bonds. The van der Waals surface area contributed by atoms with E-state index in [2.05, 4.69) is 15.3 Å². The highest BCUT2D eigenvalue weighted by atomic mass is 16.6. The van der Waals surface area contributed by atoms with Crippen molar-refractivity contribution in [3.63, 3.8) is 0 Å². The highest BCUT2D eigenvalue weighted by Crippen LogP contribution is 2.30. The van der Waals surface area contributed by atoms with Crippen LogP contribution in [0.3, 0.4) is 0 Å². The molecule has 1 aliphatic rings. The van der Waals surface area contributed by atoms with Gasteiger partial charge in [0.2, 0.25) is 11.8 Å². The van der Waals surface area contributed by atoms with Crippen LogP contribution in [0.4, 0.5) is 17.5 Å². The molecule has 1 saturated carbocycles. The van der Waals surface area contributed by atoms with Gasteiger partial charge in [0.15, 0.2) is 0 Å². The quantitative estimate of drug-likeness (QED) is 0.439. The summed E-state index contributed by atoms with van der Waals surface area (Å²) in [5.41, 5.74) is 4.72. The van der Waals surface area contributed by atoms with E-state index < -0.39 is 10.5 Å². The Morgan fingerprint density at radius 3 is 2.52 bits per heavy atom. The van der Waals surface area contributed by atoms with Crippen LogP contribution in [0.5, 0.6) is 0 Å². The maximum absolute atomic E-state index is 11.1. The van der Waals surface area contributed by atoms with Crippen LogP contribution in [0, 0.1) is 17.0 Å². The molecule has 4 N–H and O–H groups in total. The van der Waals surface area contributed by atoms with Gasteiger partial charge in [0.1, 0.15) is 5.69 Å². The van der Waals surface area contributed by atoms with Gasteiger partial charge in [-0.2, -0.15) is 4.98 Å². The molecule has 116 valence electrons. The second-order valence-electron chi connectivity index (χ2n) is 5.61. The first-order valence-electron chi connectivity index (χ1n) is 7.16. The summed E-state index contributed by atoms with van der Waals surface area (Å²) in [4.78, 5) is 18.3. The molecule has 1 aromatic heterocycles. The molecule has 1 aromatic rings. The lowest BCUT2D eigenvalue weighted by Gasteiger charge is -2.27. The standard InChI is InChI=1S/C13H21N5O3/c1-9-10(18(20)21)11(17-12(14)16-9)15-8-13(19)6-4-2-3-5-7-13/h19H,2-8H2,1H3,(H3,14,15,16,17). The van der Waals surface area contributed by atoms with E-state index in [1.807, 2.05) is 0 Å². The van der Waals surface area contributed by atoms with Gasteiger partial charge in [0, 0.05) is 6.54 Å². The number of anilines is 2. The van der Waals surface area contributed by atoms with E-state index in [-0.39, 0.29) is 29.7 Å². The molecule has 1 heterocycles. The van der Waals surface area contributed by atoms with Crippen LogP contribution in [-0.4, -0.2) is 32.1 Å². The van der Waals surface area contributed by atoms with E-state index in [0.29, 0.717) is 12.8 Å². The summed E-state index contributed by atoms with van der Waals surface area (Å²) in [7, 11) is 0. The van der Waals surface area contributed by atoms with Crippen molar-refractivity contribution in [3.8, 4) is 0 Å². The molecule has 0 spiro atoms. The zero-order valence-corrected chi connectivity index (χ0v) is 12.1. The summed E-state index contributed by atoms with van der Waals surface area (Å²) < 4.78 is 0. The molecule has 0 aromatic carbocycles. The number of nitro groups is 1.